The maximum Gasteiger partial charge on any atom is 0.0467 e. The first-order valence-electron chi connectivity index (χ1n) is 6.34. The third-order valence-corrected chi connectivity index (χ3v) is 3.65. The number of hydrogen-bond donors (Lipinski definition) is 2. The van der Waals surface area contributed by atoms with Crippen LogP contribution in [0.15, 0.2) is 18.3 Å². The molecule has 0 spiro atoms. The summed E-state index contributed by atoms with van der Waals surface area (Å²) in [4.78, 5) is 5.72. The lowest BCUT2D eigenvalue weighted by Crippen LogP contribution is -2.43. The summed E-state index contributed by atoms with van der Waals surface area (Å²) < 4.78 is 0. The molecule has 1 aliphatic heterocycles. The quantitative estimate of drug-likeness (QED) is 0.816. The van der Waals surface area contributed by atoms with Crippen LogP contribution in [-0.4, -0.2) is 36.1 Å². The number of hydrogen-bond acceptors (Lipinski definition) is 2. The maximum absolute atomic E-state index is 3.60. The molecule has 3 heteroatoms. The molecule has 0 radical (unpaired) electrons. The van der Waals surface area contributed by atoms with Gasteiger partial charge in [-0.3, -0.25) is 4.90 Å². The zero-order valence-electron chi connectivity index (χ0n) is 10.4. The predicted molar refractivity (Wildman–Crippen MR) is 67.5 cm³/mol. The number of H-pyrrole nitrogens is 1. The second kappa shape index (κ2) is 5.51. The SMILES string of the molecule is C[C@H](c1ccc[nH]1)N(C)C[C@H]1CCCCN1. The minimum atomic E-state index is 0.471. The van der Waals surface area contributed by atoms with Crippen LogP contribution in [0.4, 0.5) is 0 Å². The number of nitrogens with zero attached hydrogens (tertiary/aromatic N) is 1. The summed E-state index contributed by atoms with van der Waals surface area (Å²) in [6, 6.07) is 5.38. The molecule has 1 aromatic heterocycles. The van der Waals surface area contributed by atoms with E-state index in [4.69, 9.17) is 0 Å². The van der Waals surface area contributed by atoms with Crippen molar-refractivity contribution in [2.24, 2.45) is 0 Å². The zero-order chi connectivity index (χ0) is 11.4. The van der Waals surface area contributed by atoms with E-state index in [0.717, 1.165) is 6.54 Å². The van der Waals surface area contributed by atoms with Crippen LogP contribution in [-0.2, 0) is 0 Å². The van der Waals surface area contributed by atoms with E-state index in [9.17, 15) is 0 Å². The fourth-order valence-corrected chi connectivity index (χ4v) is 2.43. The highest BCUT2D eigenvalue weighted by Crippen LogP contribution is 2.18. The van der Waals surface area contributed by atoms with Crippen molar-refractivity contribution in [1.82, 2.24) is 15.2 Å². The standard InChI is InChI=1S/C13H23N3/c1-11(13-7-5-9-15-13)16(2)10-12-6-3-4-8-14-12/h5,7,9,11-12,14-15H,3-4,6,8,10H2,1-2H3/t11-,12-/m1/s1. The topological polar surface area (TPSA) is 31.1 Å². The van der Waals surface area contributed by atoms with E-state index in [2.05, 4.69) is 41.3 Å². The van der Waals surface area contributed by atoms with Gasteiger partial charge in [0.05, 0.1) is 0 Å². The Bertz CT molecular complexity index is 288. The first kappa shape index (κ1) is 11.7. The van der Waals surface area contributed by atoms with E-state index in [1.165, 1.54) is 31.5 Å². The minimum Gasteiger partial charge on any atom is -0.364 e. The van der Waals surface area contributed by atoms with Crippen LogP contribution in [0.25, 0.3) is 0 Å². The summed E-state index contributed by atoms with van der Waals surface area (Å²) in [6.45, 7) is 4.59. The molecule has 3 nitrogen and oxygen atoms in total. The first-order chi connectivity index (χ1) is 7.77. The number of nitrogens with one attached hydrogen (secondary N) is 2. The van der Waals surface area contributed by atoms with Gasteiger partial charge in [-0.05, 0) is 45.5 Å². The molecule has 16 heavy (non-hydrogen) atoms. The van der Waals surface area contributed by atoms with Gasteiger partial charge in [-0.2, -0.15) is 0 Å². The van der Waals surface area contributed by atoms with Gasteiger partial charge in [-0.25, -0.2) is 0 Å². The summed E-state index contributed by atoms with van der Waals surface area (Å²) in [5.74, 6) is 0. The Morgan fingerprint density at radius 1 is 1.50 bits per heavy atom. The average molecular weight is 221 g/mol. The van der Waals surface area contributed by atoms with Crippen molar-refractivity contribution >= 4 is 0 Å². The molecule has 0 saturated carbocycles. The maximum atomic E-state index is 3.60. The fraction of sp³-hybridized carbons (Fsp3) is 0.692. The number of likely N-dealkylation sites (N-methyl/N-ethyl adjacent to an activating group) is 1. The molecule has 1 aliphatic rings. The van der Waals surface area contributed by atoms with Gasteiger partial charge in [0.2, 0.25) is 0 Å². The van der Waals surface area contributed by atoms with E-state index in [1.54, 1.807) is 0 Å². The smallest absolute Gasteiger partial charge is 0.0467 e. The molecule has 0 bridgehead atoms. The predicted octanol–water partition coefficient (Wildman–Crippen LogP) is 2.15. The van der Waals surface area contributed by atoms with Crippen LogP contribution in [0, 0.1) is 0 Å². The van der Waals surface area contributed by atoms with Crippen molar-refractivity contribution in [3.8, 4) is 0 Å². The van der Waals surface area contributed by atoms with E-state index in [1.807, 2.05) is 6.20 Å². The Kier molecular flexibility index (Phi) is 4.02. The van der Waals surface area contributed by atoms with Crippen LogP contribution in [0.5, 0.6) is 0 Å². The molecule has 2 heterocycles. The van der Waals surface area contributed by atoms with Gasteiger partial charge < -0.3 is 10.3 Å². The van der Waals surface area contributed by atoms with Gasteiger partial charge in [0.15, 0.2) is 0 Å². The minimum absolute atomic E-state index is 0.471. The van der Waals surface area contributed by atoms with Crippen molar-refractivity contribution in [3.05, 3.63) is 24.0 Å². The number of aromatic nitrogens is 1. The summed E-state index contributed by atoms with van der Waals surface area (Å²) in [5, 5.41) is 3.60. The van der Waals surface area contributed by atoms with Gasteiger partial charge in [0, 0.05) is 30.5 Å². The molecular formula is C13H23N3. The molecule has 90 valence electrons. The van der Waals surface area contributed by atoms with Crippen LogP contribution >= 0.6 is 0 Å². The van der Waals surface area contributed by atoms with Crippen LogP contribution in [0.3, 0.4) is 0 Å². The molecule has 2 atom stereocenters. The third-order valence-electron chi connectivity index (χ3n) is 3.65. The van der Waals surface area contributed by atoms with Gasteiger partial charge in [-0.1, -0.05) is 6.42 Å². The largest absolute Gasteiger partial charge is 0.364 e. The normalized spacial score (nSPS) is 23.6. The molecule has 1 aromatic rings. The third kappa shape index (κ3) is 2.86. The molecule has 1 saturated heterocycles. The number of rotatable bonds is 4. The van der Waals surface area contributed by atoms with Gasteiger partial charge >= 0.3 is 0 Å². The lowest BCUT2D eigenvalue weighted by molar-refractivity contribution is 0.212. The van der Waals surface area contributed by atoms with E-state index in [0.29, 0.717) is 12.1 Å². The van der Waals surface area contributed by atoms with Crippen molar-refractivity contribution < 1.29 is 0 Å². The van der Waals surface area contributed by atoms with Gasteiger partial charge in [0.1, 0.15) is 0 Å². The highest BCUT2D eigenvalue weighted by molar-refractivity contribution is 5.08. The van der Waals surface area contributed by atoms with Crippen molar-refractivity contribution in [1.29, 1.82) is 0 Å². The molecule has 0 amide bonds. The number of piperidine rings is 1. The summed E-state index contributed by atoms with van der Waals surface area (Å²) in [5.41, 5.74) is 1.30. The molecule has 0 aliphatic carbocycles. The van der Waals surface area contributed by atoms with Gasteiger partial charge in [0.25, 0.3) is 0 Å². The highest BCUT2D eigenvalue weighted by atomic mass is 15.2. The van der Waals surface area contributed by atoms with Crippen molar-refractivity contribution in [2.45, 2.75) is 38.3 Å². The monoisotopic (exact) mass is 221 g/mol. The van der Waals surface area contributed by atoms with Crippen LogP contribution in [0.1, 0.15) is 37.9 Å². The average Bonchev–Trinajstić information content (AvgIpc) is 2.83. The Balaban J connectivity index is 1.84. The van der Waals surface area contributed by atoms with Crippen LogP contribution < -0.4 is 5.32 Å². The first-order valence-corrected chi connectivity index (χ1v) is 6.34. The number of aromatic amines is 1. The lowest BCUT2D eigenvalue weighted by atomic mass is 10.0. The van der Waals surface area contributed by atoms with E-state index in [-0.39, 0.29) is 0 Å². The Labute approximate surface area is 98.2 Å². The molecule has 0 unspecified atom stereocenters. The molecule has 2 rings (SSSR count). The Hall–Kier alpha value is -0.800. The van der Waals surface area contributed by atoms with Crippen LogP contribution in [0.2, 0.25) is 0 Å². The summed E-state index contributed by atoms with van der Waals surface area (Å²) in [7, 11) is 2.21. The van der Waals surface area contributed by atoms with E-state index < -0.39 is 0 Å². The summed E-state index contributed by atoms with van der Waals surface area (Å²) >= 11 is 0. The Morgan fingerprint density at radius 2 is 2.38 bits per heavy atom. The molecular weight excluding hydrogens is 198 g/mol. The van der Waals surface area contributed by atoms with Crippen molar-refractivity contribution in [2.75, 3.05) is 20.1 Å². The molecule has 2 N–H and O–H groups in total. The second-order valence-electron chi connectivity index (χ2n) is 4.89. The zero-order valence-corrected chi connectivity index (χ0v) is 10.4. The van der Waals surface area contributed by atoms with Gasteiger partial charge in [-0.15, -0.1) is 0 Å². The highest BCUT2D eigenvalue weighted by Gasteiger charge is 2.18. The second-order valence-corrected chi connectivity index (χ2v) is 4.89. The lowest BCUT2D eigenvalue weighted by Gasteiger charge is -2.31. The molecule has 0 aromatic carbocycles. The molecule has 1 fully saturated rings. The summed E-state index contributed by atoms with van der Waals surface area (Å²) in [6.07, 6.45) is 6.04. The fourth-order valence-electron chi connectivity index (χ4n) is 2.43. The van der Waals surface area contributed by atoms with E-state index >= 15 is 0 Å². The Morgan fingerprint density at radius 3 is 3.00 bits per heavy atom. The van der Waals surface area contributed by atoms with Crippen molar-refractivity contribution in [3.63, 3.8) is 0 Å².